The van der Waals surface area contributed by atoms with Gasteiger partial charge in [0.05, 0.1) is 12.6 Å². The number of hydrogen-bond donors (Lipinski definition) is 0. The predicted molar refractivity (Wildman–Crippen MR) is 104 cm³/mol. The third kappa shape index (κ3) is 3.08. The van der Waals surface area contributed by atoms with Crippen LogP contribution < -0.4 is 0 Å². The number of hydrogen-bond acceptors (Lipinski definition) is 2. The first kappa shape index (κ1) is 15.6. The number of aliphatic imine (C=N–C) groups is 1. The van der Waals surface area contributed by atoms with E-state index >= 15 is 0 Å². The molecule has 0 amide bonds. The Bertz CT molecular complexity index is 869. The van der Waals surface area contributed by atoms with Crippen LogP contribution in [-0.2, 0) is 0 Å². The minimum Gasteiger partial charge on any atom is -0.343 e. The first-order valence-electron chi connectivity index (χ1n) is 8.81. The highest BCUT2D eigenvalue weighted by atomic mass is 15.3. The second-order valence-electron chi connectivity index (χ2n) is 6.43. The molecule has 0 saturated carbocycles. The maximum atomic E-state index is 4.83. The van der Waals surface area contributed by atoms with Crippen molar-refractivity contribution in [1.82, 2.24) is 4.90 Å². The number of benzene rings is 3. The number of aryl methyl sites for hydroxylation is 1. The average molecular weight is 326 g/mol. The fourth-order valence-electron chi connectivity index (χ4n) is 3.61. The van der Waals surface area contributed by atoms with E-state index in [0.29, 0.717) is 0 Å². The second kappa shape index (κ2) is 6.94. The summed E-state index contributed by atoms with van der Waals surface area (Å²) in [6.45, 7) is 3.98. The molecule has 0 N–H and O–H groups in total. The molecule has 4 rings (SSSR count). The van der Waals surface area contributed by atoms with Crippen LogP contribution in [0.5, 0.6) is 0 Å². The van der Waals surface area contributed by atoms with Crippen molar-refractivity contribution in [2.75, 3.05) is 13.1 Å². The molecular weight excluding hydrogens is 304 g/mol. The maximum absolute atomic E-state index is 4.83. The molecule has 0 spiro atoms. The molecule has 1 heterocycles. The quantitative estimate of drug-likeness (QED) is 0.669. The Morgan fingerprint density at radius 1 is 0.800 bits per heavy atom. The van der Waals surface area contributed by atoms with E-state index in [0.717, 1.165) is 18.9 Å². The third-order valence-corrected chi connectivity index (χ3v) is 4.82. The molecule has 0 aliphatic carbocycles. The van der Waals surface area contributed by atoms with E-state index in [9.17, 15) is 0 Å². The van der Waals surface area contributed by atoms with Crippen LogP contribution >= 0.6 is 0 Å². The average Bonchev–Trinajstić information content (AvgIpc) is 3.14. The summed E-state index contributed by atoms with van der Waals surface area (Å²) in [6, 6.07) is 30.1. The topological polar surface area (TPSA) is 15.6 Å². The van der Waals surface area contributed by atoms with Crippen molar-refractivity contribution in [3.05, 3.63) is 107 Å². The molecule has 0 aromatic heterocycles. The highest BCUT2D eigenvalue weighted by molar-refractivity contribution is 6.00. The standard InChI is InChI=1S/C23H22N2/c1-18-10-8-9-15-21(18)22(19-11-4-2-5-12-19)25-17-16-24-23(25)20-13-6-3-7-14-20/h2-15,22H,16-17H2,1H3. The molecular formula is C23H22N2. The van der Waals surface area contributed by atoms with Crippen LogP contribution in [0, 0.1) is 6.92 Å². The zero-order valence-corrected chi connectivity index (χ0v) is 14.5. The van der Waals surface area contributed by atoms with Crippen LogP contribution in [0.3, 0.4) is 0 Å². The highest BCUT2D eigenvalue weighted by Gasteiger charge is 2.29. The minimum atomic E-state index is 0.184. The summed E-state index contributed by atoms with van der Waals surface area (Å²) < 4.78 is 0. The van der Waals surface area contributed by atoms with Gasteiger partial charge in [-0.3, -0.25) is 4.99 Å². The molecule has 124 valence electrons. The zero-order valence-electron chi connectivity index (χ0n) is 14.5. The van der Waals surface area contributed by atoms with E-state index in [1.807, 2.05) is 0 Å². The van der Waals surface area contributed by atoms with Gasteiger partial charge in [-0.05, 0) is 23.6 Å². The van der Waals surface area contributed by atoms with Gasteiger partial charge in [0, 0.05) is 12.1 Å². The Labute approximate surface area is 149 Å². The van der Waals surface area contributed by atoms with Crippen molar-refractivity contribution in [3.63, 3.8) is 0 Å². The highest BCUT2D eigenvalue weighted by Crippen LogP contribution is 2.33. The van der Waals surface area contributed by atoms with Crippen molar-refractivity contribution in [2.45, 2.75) is 13.0 Å². The summed E-state index contributed by atoms with van der Waals surface area (Å²) in [7, 11) is 0. The summed E-state index contributed by atoms with van der Waals surface area (Å²) in [5.41, 5.74) is 5.16. The van der Waals surface area contributed by atoms with E-state index in [-0.39, 0.29) is 6.04 Å². The molecule has 2 heteroatoms. The van der Waals surface area contributed by atoms with E-state index in [1.54, 1.807) is 0 Å². The molecule has 0 bridgehead atoms. The Hall–Kier alpha value is -2.87. The van der Waals surface area contributed by atoms with Crippen molar-refractivity contribution in [3.8, 4) is 0 Å². The number of rotatable bonds is 4. The van der Waals surface area contributed by atoms with E-state index in [2.05, 4.69) is 96.8 Å². The first-order chi connectivity index (χ1) is 12.3. The summed E-state index contributed by atoms with van der Waals surface area (Å²) in [4.78, 5) is 7.28. The summed E-state index contributed by atoms with van der Waals surface area (Å²) in [5, 5.41) is 0. The molecule has 0 saturated heterocycles. The third-order valence-electron chi connectivity index (χ3n) is 4.82. The van der Waals surface area contributed by atoms with Gasteiger partial charge in [-0.1, -0.05) is 84.9 Å². The number of nitrogens with zero attached hydrogens (tertiary/aromatic N) is 2. The SMILES string of the molecule is Cc1ccccc1C(c1ccccc1)N1CCN=C1c1ccccc1. The van der Waals surface area contributed by atoms with Gasteiger partial charge in [-0.2, -0.15) is 0 Å². The van der Waals surface area contributed by atoms with Crippen molar-refractivity contribution in [2.24, 2.45) is 4.99 Å². The van der Waals surface area contributed by atoms with Crippen molar-refractivity contribution in [1.29, 1.82) is 0 Å². The molecule has 2 nitrogen and oxygen atoms in total. The summed E-state index contributed by atoms with van der Waals surface area (Å²) in [5.74, 6) is 1.10. The lowest BCUT2D eigenvalue weighted by atomic mass is 9.93. The van der Waals surface area contributed by atoms with Crippen molar-refractivity contribution >= 4 is 5.84 Å². The van der Waals surface area contributed by atoms with Crippen LogP contribution in [0.2, 0.25) is 0 Å². The van der Waals surface area contributed by atoms with Crippen LogP contribution in [0.1, 0.15) is 28.3 Å². The smallest absolute Gasteiger partial charge is 0.131 e. The first-order valence-corrected chi connectivity index (χ1v) is 8.81. The lowest BCUT2D eigenvalue weighted by molar-refractivity contribution is 0.388. The largest absolute Gasteiger partial charge is 0.343 e. The van der Waals surface area contributed by atoms with Gasteiger partial charge in [0.2, 0.25) is 0 Å². The molecule has 0 radical (unpaired) electrons. The van der Waals surface area contributed by atoms with Crippen molar-refractivity contribution < 1.29 is 0 Å². The van der Waals surface area contributed by atoms with E-state index < -0.39 is 0 Å². The molecule has 0 fully saturated rings. The fourth-order valence-corrected chi connectivity index (χ4v) is 3.61. The van der Waals surface area contributed by atoms with Gasteiger partial charge < -0.3 is 4.90 Å². The monoisotopic (exact) mass is 326 g/mol. The predicted octanol–water partition coefficient (Wildman–Crippen LogP) is 4.85. The minimum absolute atomic E-state index is 0.184. The summed E-state index contributed by atoms with van der Waals surface area (Å²) in [6.07, 6.45) is 0. The molecule has 1 aliphatic rings. The molecule has 25 heavy (non-hydrogen) atoms. The Balaban J connectivity index is 1.82. The van der Waals surface area contributed by atoms with Crippen LogP contribution in [0.25, 0.3) is 0 Å². The molecule has 3 aromatic carbocycles. The van der Waals surface area contributed by atoms with E-state index in [1.165, 1.54) is 22.3 Å². The lowest BCUT2D eigenvalue weighted by Gasteiger charge is -2.32. The maximum Gasteiger partial charge on any atom is 0.131 e. The lowest BCUT2D eigenvalue weighted by Crippen LogP contribution is -2.34. The molecule has 1 aliphatic heterocycles. The van der Waals surface area contributed by atoms with Gasteiger partial charge in [0.25, 0.3) is 0 Å². The zero-order chi connectivity index (χ0) is 17.1. The number of amidine groups is 1. The molecule has 1 unspecified atom stereocenters. The van der Waals surface area contributed by atoms with Crippen LogP contribution in [-0.4, -0.2) is 23.8 Å². The van der Waals surface area contributed by atoms with Gasteiger partial charge >= 0.3 is 0 Å². The second-order valence-corrected chi connectivity index (χ2v) is 6.43. The Kier molecular flexibility index (Phi) is 4.34. The van der Waals surface area contributed by atoms with Crippen LogP contribution in [0.15, 0.2) is 89.9 Å². The van der Waals surface area contributed by atoms with Crippen LogP contribution in [0.4, 0.5) is 0 Å². The fraction of sp³-hybridized carbons (Fsp3) is 0.174. The normalized spacial score (nSPS) is 15.1. The Morgan fingerprint density at radius 3 is 2.16 bits per heavy atom. The van der Waals surface area contributed by atoms with E-state index in [4.69, 9.17) is 4.99 Å². The van der Waals surface area contributed by atoms with Gasteiger partial charge in [-0.15, -0.1) is 0 Å². The van der Waals surface area contributed by atoms with Gasteiger partial charge in [-0.25, -0.2) is 0 Å². The van der Waals surface area contributed by atoms with Gasteiger partial charge in [0.1, 0.15) is 5.84 Å². The summed E-state index contributed by atoms with van der Waals surface area (Å²) >= 11 is 0. The van der Waals surface area contributed by atoms with Gasteiger partial charge in [0.15, 0.2) is 0 Å². The molecule has 1 atom stereocenters. The molecule has 3 aromatic rings. The Morgan fingerprint density at radius 2 is 1.44 bits per heavy atom.